The molecular weight excluding hydrogens is 518 g/mol. The molecule has 2 aromatic heterocycles. The molecular formula is C26H18ClN3O6S. The number of methoxy groups -OCH3 is 1. The number of aromatic nitrogens is 1. The smallest absolute Gasteiger partial charge is 0.338 e. The predicted octanol–water partition coefficient (Wildman–Crippen LogP) is 4.23. The molecule has 4 aromatic rings. The van der Waals surface area contributed by atoms with Gasteiger partial charge in [0.25, 0.3) is 11.2 Å². The second kappa shape index (κ2) is 9.64. The average molecular weight is 536 g/mol. The topological polar surface area (TPSA) is 117 Å². The summed E-state index contributed by atoms with van der Waals surface area (Å²) in [6.45, 7) is 1.70. The van der Waals surface area contributed by atoms with Gasteiger partial charge >= 0.3 is 5.97 Å². The van der Waals surface area contributed by atoms with E-state index in [0.29, 0.717) is 42.7 Å². The van der Waals surface area contributed by atoms with Crippen LogP contribution >= 0.6 is 22.9 Å². The van der Waals surface area contributed by atoms with Crippen molar-refractivity contribution in [3.63, 3.8) is 0 Å². The minimum Gasteiger partial charge on any atom is -0.466 e. The first-order chi connectivity index (χ1) is 17.8. The molecule has 3 heterocycles. The van der Waals surface area contributed by atoms with E-state index >= 15 is 0 Å². The number of thiazole rings is 1. The molecule has 0 unspecified atom stereocenters. The van der Waals surface area contributed by atoms with Crippen LogP contribution in [0, 0.1) is 10.1 Å². The predicted molar refractivity (Wildman–Crippen MR) is 138 cm³/mol. The maximum Gasteiger partial charge on any atom is 0.338 e. The zero-order chi connectivity index (χ0) is 26.3. The van der Waals surface area contributed by atoms with Crippen LogP contribution in [0.3, 0.4) is 0 Å². The van der Waals surface area contributed by atoms with Crippen molar-refractivity contribution in [3.05, 3.63) is 118 Å². The molecule has 1 aliphatic rings. The normalized spacial score (nSPS) is 15.3. The SMILES string of the molecule is COC(=O)C1=C(C)N=c2s/c(=C/c3ccc(-c4ccc([N+](=O)[O-])cc4)o3)c(=O)n2[C@@H]1c1ccc(Cl)cc1. The minimum atomic E-state index is -0.740. The molecule has 0 bridgehead atoms. The van der Waals surface area contributed by atoms with Crippen molar-refractivity contribution in [2.24, 2.45) is 4.99 Å². The largest absolute Gasteiger partial charge is 0.466 e. The van der Waals surface area contributed by atoms with Crippen molar-refractivity contribution in [2.45, 2.75) is 13.0 Å². The van der Waals surface area contributed by atoms with Crippen LogP contribution in [0.25, 0.3) is 17.4 Å². The van der Waals surface area contributed by atoms with E-state index in [2.05, 4.69) is 4.99 Å². The molecule has 0 spiro atoms. The number of halogens is 1. The number of fused-ring (bicyclic) bond motifs is 1. The average Bonchev–Trinajstić information content (AvgIpc) is 3.48. The van der Waals surface area contributed by atoms with Gasteiger partial charge in [0.2, 0.25) is 0 Å². The molecule has 0 fully saturated rings. The molecule has 0 aliphatic carbocycles. The second-order valence-corrected chi connectivity index (χ2v) is 9.58. The van der Waals surface area contributed by atoms with Crippen molar-refractivity contribution in [2.75, 3.05) is 7.11 Å². The Hall–Kier alpha value is -4.28. The summed E-state index contributed by atoms with van der Waals surface area (Å²) in [6.07, 6.45) is 1.61. The molecule has 11 heteroatoms. The molecule has 37 heavy (non-hydrogen) atoms. The molecule has 186 valence electrons. The van der Waals surface area contributed by atoms with Gasteiger partial charge in [-0.05, 0) is 48.9 Å². The zero-order valence-corrected chi connectivity index (χ0v) is 21.1. The Bertz CT molecular complexity index is 1750. The van der Waals surface area contributed by atoms with E-state index in [-0.39, 0.29) is 16.8 Å². The molecule has 0 saturated heterocycles. The Labute approximate surface area is 218 Å². The molecule has 0 saturated carbocycles. The highest BCUT2D eigenvalue weighted by Crippen LogP contribution is 2.31. The van der Waals surface area contributed by atoms with Crippen molar-refractivity contribution in [1.29, 1.82) is 0 Å². The van der Waals surface area contributed by atoms with E-state index in [9.17, 15) is 19.7 Å². The molecule has 5 rings (SSSR count). The van der Waals surface area contributed by atoms with Gasteiger partial charge in [-0.2, -0.15) is 0 Å². The molecule has 0 N–H and O–H groups in total. The van der Waals surface area contributed by atoms with Gasteiger partial charge in [-0.15, -0.1) is 0 Å². The first-order valence-corrected chi connectivity index (χ1v) is 12.2. The van der Waals surface area contributed by atoms with E-state index in [1.165, 1.54) is 35.1 Å². The number of carbonyl (C=O) groups is 1. The number of nitrogens with zero attached hydrogens (tertiary/aromatic N) is 3. The summed E-state index contributed by atoms with van der Waals surface area (Å²) < 4.78 is 12.7. The lowest BCUT2D eigenvalue weighted by Gasteiger charge is -2.24. The van der Waals surface area contributed by atoms with Gasteiger partial charge in [0.1, 0.15) is 11.5 Å². The summed E-state index contributed by atoms with van der Waals surface area (Å²) in [5, 5.41) is 11.4. The van der Waals surface area contributed by atoms with Gasteiger partial charge in [0.15, 0.2) is 4.80 Å². The van der Waals surface area contributed by atoms with Crippen LogP contribution in [0.2, 0.25) is 5.02 Å². The van der Waals surface area contributed by atoms with E-state index < -0.39 is 16.9 Å². The number of furan rings is 1. The quantitative estimate of drug-likeness (QED) is 0.214. The van der Waals surface area contributed by atoms with Crippen molar-refractivity contribution in [3.8, 4) is 11.3 Å². The highest BCUT2D eigenvalue weighted by atomic mass is 35.5. The Morgan fingerprint density at radius 1 is 1.16 bits per heavy atom. The lowest BCUT2D eigenvalue weighted by Crippen LogP contribution is -2.39. The fourth-order valence-electron chi connectivity index (χ4n) is 4.12. The third-order valence-corrected chi connectivity index (χ3v) is 7.11. The van der Waals surface area contributed by atoms with Crippen LogP contribution in [0.15, 0.2) is 86.1 Å². The number of benzene rings is 2. The summed E-state index contributed by atoms with van der Waals surface area (Å²) in [7, 11) is 1.28. The highest BCUT2D eigenvalue weighted by Gasteiger charge is 2.33. The van der Waals surface area contributed by atoms with Crippen LogP contribution in [0.1, 0.15) is 24.3 Å². The molecule has 0 radical (unpaired) electrons. The first kappa shape index (κ1) is 24.4. The third-order valence-electron chi connectivity index (χ3n) is 5.88. The monoisotopic (exact) mass is 535 g/mol. The number of nitro groups is 1. The van der Waals surface area contributed by atoms with Crippen LogP contribution in [0.4, 0.5) is 5.69 Å². The molecule has 1 aliphatic heterocycles. The van der Waals surface area contributed by atoms with Gasteiger partial charge < -0.3 is 9.15 Å². The van der Waals surface area contributed by atoms with Crippen molar-refractivity contribution in [1.82, 2.24) is 4.57 Å². The number of hydrogen-bond acceptors (Lipinski definition) is 8. The maximum absolute atomic E-state index is 13.6. The van der Waals surface area contributed by atoms with Gasteiger partial charge in [0, 0.05) is 28.8 Å². The van der Waals surface area contributed by atoms with E-state index in [1.54, 1.807) is 61.5 Å². The Kier molecular flexibility index (Phi) is 6.36. The lowest BCUT2D eigenvalue weighted by atomic mass is 9.96. The standard InChI is InChI=1S/C26H18ClN3O6S/c1-14-22(25(32)35-2)23(16-3-7-17(27)8-4-16)29-24(31)21(37-26(29)28-14)13-19-11-12-20(36-19)15-5-9-18(10-6-15)30(33)34/h3-13,23H,1-2H3/b21-13+/t23-/m1/s1. The van der Waals surface area contributed by atoms with Crippen molar-refractivity contribution >= 4 is 40.7 Å². The zero-order valence-electron chi connectivity index (χ0n) is 19.5. The van der Waals surface area contributed by atoms with E-state index in [4.69, 9.17) is 20.8 Å². The molecule has 2 aromatic carbocycles. The van der Waals surface area contributed by atoms with Crippen LogP contribution < -0.4 is 14.9 Å². The Morgan fingerprint density at radius 3 is 2.51 bits per heavy atom. The fraction of sp³-hybridized carbons (Fsp3) is 0.115. The van der Waals surface area contributed by atoms with Gasteiger partial charge in [-0.3, -0.25) is 19.5 Å². The number of rotatable bonds is 5. The molecule has 9 nitrogen and oxygen atoms in total. The maximum atomic E-state index is 13.6. The Balaban J connectivity index is 1.60. The first-order valence-electron chi connectivity index (χ1n) is 11.0. The lowest BCUT2D eigenvalue weighted by molar-refractivity contribution is -0.384. The van der Waals surface area contributed by atoms with Crippen LogP contribution in [-0.2, 0) is 9.53 Å². The van der Waals surface area contributed by atoms with E-state index in [0.717, 1.165) is 0 Å². The number of carbonyl (C=O) groups excluding carboxylic acids is 1. The fourth-order valence-corrected chi connectivity index (χ4v) is 5.27. The Morgan fingerprint density at radius 2 is 1.86 bits per heavy atom. The number of esters is 1. The summed E-state index contributed by atoms with van der Waals surface area (Å²) in [4.78, 5) is 41.7. The summed E-state index contributed by atoms with van der Waals surface area (Å²) in [6, 6.07) is 15.6. The van der Waals surface area contributed by atoms with Gasteiger partial charge in [0.05, 0.1) is 33.9 Å². The summed E-state index contributed by atoms with van der Waals surface area (Å²) >= 11 is 7.24. The number of allylic oxidation sites excluding steroid dienone is 1. The second-order valence-electron chi connectivity index (χ2n) is 8.13. The number of non-ortho nitro benzene ring substituents is 1. The van der Waals surface area contributed by atoms with Crippen molar-refractivity contribution < 1.29 is 18.9 Å². The minimum absolute atomic E-state index is 0.0199. The third kappa shape index (κ3) is 4.52. The van der Waals surface area contributed by atoms with Crippen LogP contribution in [0.5, 0.6) is 0 Å². The molecule has 1 atom stereocenters. The van der Waals surface area contributed by atoms with Gasteiger partial charge in [-0.25, -0.2) is 9.79 Å². The highest BCUT2D eigenvalue weighted by molar-refractivity contribution is 7.07. The molecule has 0 amide bonds. The summed E-state index contributed by atoms with van der Waals surface area (Å²) in [5.41, 5.74) is 1.71. The van der Waals surface area contributed by atoms with Gasteiger partial charge in [-0.1, -0.05) is 35.1 Å². The summed E-state index contributed by atoms with van der Waals surface area (Å²) in [5.74, 6) is 0.344. The number of ether oxygens (including phenoxy) is 1. The number of nitro benzene ring substituents is 1. The number of hydrogen-bond donors (Lipinski definition) is 0. The van der Waals surface area contributed by atoms with E-state index in [1.807, 2.05) is 0 Å². The van der Waals surface area contributed by atoms with Crippen LogP contribution in [-0.4, -0.2) is 22.6 Å².